The molecule has 1 unspecified atom stereocenters. The van der Waals surface area contributed by atoms with Gasteiger partial charge in [0.2, 0.25) is 10.0 Å². The summed E-state index contributed by atoms with van der Waals surface area (Å²) in [7, 11) is 0.117. The Morgan fingerprint density at radius 1 is 1.44 bits per heavy atom. The second kappa shape index (κ2) is 5.55. The second-order valence-corrected chi connectivity index (χ2v) is 6.22. The Bertz CT molecular complexity index is 514. The smallest absolute Gasteiger partial charge is 0.240 e. The molecule has 0 bridgehead atoms. The number of anilines is 1. The normalized spacial score (nSPS) is 13.8. The van der Waals surface area contributed by atoms with Crippen LogP contribution in [0.25, 0.3) is 0 Å². The van der Waals surface area contributed by atoms with Crippen molar-refractivity contribution in [2.75, 3.05) is 26.4 Å². The monoisotopic (exact) mass is 273 g/mol. The highest BCUT2D eigenvalue weighted by Crippen LogP contribution is 2.23. The van der Waals surface area contributed by atoms with Crippen LogP contribution in [0, 0.1) is 0 Å². The van der Waals surface area contributed by atoms with Crippen LogP contribution in [0.4, 0.5) is 5.69 Å². The van der Waals surface area contributed by atoms with E-state index >= 15 is 0 Å². The minimum Gasteiger partial charge on any atom is -0.506 e. The lowest BCUT2D eigenvalue weighted by Crippen LogP contribution is -2.39. The first-order valence-corrected chi connectivity index (χ1v) is 6.96. The first-order valence-electron chi connectivity index (χ1n) is 5.48. The van der Waals surface area contributed by atoms with E-state index in [2.05, 4.69) is 4.72 Å². The number of nitrogen functional groups attached to an aromatic ring is 1. The third-order valence-electron chi connectivity index (χ3n) is 2.30. The van der Waals surface area contributed by atoms with E-state index in [4.69, 9.17) is 5.73 Å². The van der Waals surface area contributed by atoms with Crippen LogP contribution in [0.1, 0.15) is 6.92 Å². The molecule has 0 aliphatic rings. The Morgan fingerprint density at radius 3 is 2.56 bits per heavy atom. The number of hydrogen-bond donors (Lipinski definition) is 3. The van der Waals surface area contributed by atoms with Crippen molar-refractivity contribution in [2.24, 2.45) is 0 Å². The summed E-state index contributed by atoms with van der Waals surface area (Å²) in [6.45, 7) is 2.37. The average Bonchev–Trinajstić information content (AvgIpc) is 2.19. The number of aromatic hydroxyl groups is 1. The number of nitrogens with two attached hydrogens (primary N) is 1. The lowest BCUT2D eigenvalue weighted by atomic mass is 10.3. The lowest BCUT2D eigenvalue weighted by Gasteiger charge is -2.18. The number of benzene rings is 1. The summed E-state index contributed by atoms with van der Waals surface area (Å²) < 4.78 is 26.6. The van der Waals surface area contributed by atoms with Gasteiger partial charge in [-0.3, -0.25) is 0 Å². The van der Waals surface area contributed by atoms with Crippen LogP contribution < -0.4 is 10.5 Å². The number of nitrogens with zero attached hydrogens (tertiary/aromatic N) is 1. The van der Waals surface area contributed by atoms with Gasteiger partial charge in [-0.25, -0.2) is 13.1 Å². The minimum atomic E-state index is -3.61. The van der Waals surface area contributed by atoms with Gasteiger partial charge in [0.25, 0.3) is 0 Å². The zero-order chi connectivity index (χ0) is 13.9. The number of hydrogen-bond acceptors (Lipinski definition) is 5. The van der Waals surface area contributed by atoms with Gasteiger partial charge in [0.05, 0.1) is 10.6 Å². The van der Waals surface area contributed by atoms with Crippen LogP contribution in [-0.2, 0) is 10.0 Å². The number of rotatable bonds is 5. The molecule has 0 spiro atoms. The van der Waals surface area contributed by atoms with Crippen LogP contribution in [0.2, 0.25) is 0 Å². The maximum absolute atomic E-state index is 12.0. The molecule has 0 fully saturated rings. The summed E-state index contributed by atoms with van der Waals surface area (Å²) in [5, 5.41) is 9.26. The number of likely N-dealkylation sites (N-methyl/N-ethyl adjacent to an activating group) is 1. The summed E-state index contributed by atoms with van der Waals surface area (Å²) >= 11 is 0. The van der Waals surface area contributed by atoms with Gasteiger partial charge in [0.15, 0.2) is 0 Å². The van der Waals surface area contributed by atoms with Crippen molar-refractivity contribution in [3.63, 3.8) is 0 Å². The van der Waals surface area contributed by atoms with Gasteiger partial charge in [-0.2, -0.15) is 0 Å². The molecule has 0 radical (unpaired) electrons. The van der Waals surface area contributed by atoms with Crippen molar-refractivity contribution < 1.29 is 13.5 Å². The predicted molar refractivity (Wildman–Crippen MR) is 70.9 cm³/mol. The highest BCUT2D eigenvalue weighted by atomic mass is 32.2. The fourth-order valence-corrected chi connectivity index (χ4v) is 2.89. The van der Waals surface area contributed by atoms with Gasteiger partial charge in [-0.1, -0.05) is 0 Å². The maximum atomic E-state index is 12.0. The van der Waals surface area contributed by atoms with Crippen molar-refractivity contribution in [2.45, 2.75) is 17.9 Å². The van der Waals surface area contributed by atoms with Crippen molar-refractivity contribution >= 4 is 15.7 Å². The molecule has 1 rings (SSSR count). The zero-order valence-corrected chi connectivity index (χ0v) is 11.5. The van der Waals surface area contributed by atoms with Gasteiger partial charge in [0.1, 0.15) is 5.75 Å². The number of phenolic OH excluding ortho intramolecular Hbond substituents is 1. The average molecular weight is 273 g/mol. The van der Waals surface area contributed by atoms with Crippen LogP contribution in [-0.4, -0.2) is 45.1 Å². The van der Waals surface area contributed by atoms with Crippen molar-refractivity contribution in [1.29, 1.82) is 0 Å². The molecule has 0 aromatic heterocycles. The Hall–Kier alpha value is -1.31. The molecule has 1 atom stereocenters. The number of sulfonamides is 1. The molecule has 0 aliphatic carbocycles. The quantitative estimate of drug-likeness (QED) is 0.526. The van der Waals surface area contributed by atoms with E-state index < -0.39 is 10.0 Å². The lowest BCUT2D eigenvalue weighted by molar-refractivity contribution is 0.370. The predicted octanol–water partition coefficient (Wildman–Crippen LogP) is 0.203. The maximum Gasteiger partial charge on any atom is 0.240 e. The first-order chi connectivity index (χ1) is 8.22. The van der Waals surface area contributed by atoms with E-state index in [9.17, 15) is 13.5 Å². The molecule has 0 heterocycles. The number of phenols is 1. The summed E-state index contributed by atoms with van der Waals surface area (Å²) in [4.78, 5) is 1.93. The summed E-state index contributed by atoms with van der Waals surface area (Å²) in [6.07, 6.45) is 0. The molecule has 1 aromatic rings. The summed E-state index contributed by atoms with van der Waals surface area (Å²) in [5.74, 6) is -0.129. The fourth-order valence-electron chi connectivity index (χ4n) is 1.62. The van der Waals surface area contributed by atoms with Gasteiger partial charge in [-0.15, -0.1) is 0 Å². The van der Waals surface area contributed by atoms with Crippen LogP contribution in [0.15, 0.2) is 23.1 Å². The Balaban J connectivity index is 2.89. The Kier molecular flexibility index (Phi) is 4.55. The molecule has 0 amide bonds. The third kappa shape index (κ3) is 3.86. The van der Waals surface area contributed by atoms with Crippen LogP contribution in [0.3, 0.4) is 0 Å². The minimum absolute atomic E-state index is 0.0399. The summed E-state index contributed by atoms with van der Waals surface area (Å²) in [6, 6.07) is 3.59. The van der Waals surface area contributed by atoms with E-state index in [0.29, 0.717) is 6.54 Å². The third-order valence-corrected chi connectivity index (χ3v) is 3.89. The molecule has 0 aliphatic heterocycles. The molecular weight excluding hydrogens is 254 g/mol. The summed E-state index contributed by atoms with van der Waals surface area (Å²) in [5.41, 5.74) is 5.52. The highest BCUT2D eigenvalue weighted by molar-refractivity contribution is 7.89. The van der Waals surface area contributed by atoms with Crippen molar-refractivity contribution in [3.05, 3.63) is 18.2 Å². The molecule has 6 nitrogen and oxygen atoms in total. The molecule has 1 aromatic carbocycles. The van der Waals surface area contributed by atoms with E-state index in [1.165, 1.54) is 18.2 Å². The standard InChI is InChI=1S/C11H19N3O3S/c1-8(7-14(2)3)13-18(16,17)9-4-5-11(15)10(12)6-9/h4-6,8,13,15H,7,12H2,1-3H3. The molecule has 0 saturated heterocycles. The van der Waals surface area contributed by atoms with Crippen molar-refractivity contribution in [3.8, 4) is 5.75 Å². The largest absolute Gasteiger partial charge is 0.506 e. The Morgan fingerprint density at radius 2 is 2.06 bits per heavy atom. The van der Waals surface area contributed by atoms with Gasteiger partial charge in [0, 0.05) is 12.6 Å². The van der Waals surface area contributed by atoms with Gasteiger partial charge < -0.3 is 15.7 Å². The molecule has 102 valence electrons. The van der Waals surface area contributed by atoms with E-state index in [0.717, 1.165) is 0 Å². The molecule has 18 heavy (non-hydrogen) atoms. The zero-order valence-electron chi connectivity index (χ0n) is 10.7. The van der Waals surface area contributed by atoms with E-state index in [1.807, 2.05) is 19.0 Å². The highest BCUT2D eigenvalue weighted by Gasteiger charge is 2.18. The first kappa shape index (κ1) is 14.7. The van der Waals surface area contributed by atoms with Gasteiger partial charge >= 0.3 is 0 Å². The van der Waals surface area contributed by atoms with E-state index in [1.54, 1.807) is 6.92 Å². The SMILES string of the molecule is CC(CN(C)C)NS(=O)(=O)c1ccc(O)c(N)c1. The topological polar surface area (TPSA) is 95.7 Å². The van der Waals surface area contributed by atoms with Crippen molar-refractivity contribution in [1.82, 2.24) is 9.62 Å². The van der Waals surface area contributed by atoms with Crippen LogP contribution >= 0.6 is 0 Å². The molecule has 4 N–H and O–H groups in total. The van der Waals surface area contributed by atoms with Crippen LogP contribution in [0.5, 0.6) is 5.75 Å². The van der Waals surface area contributed by atoms with Gasteiger partial charge in [-0.05, 0) is 39.2 Å². The molecule has 7 heteroatoms. The molecular formula is C11H19N3O3S. The Labute approximate surface area is 107 Å². The number of nitrogens with one attached hydrogen (secondary N) is 1. The van der Waals surface area contributed by atoms with E-state index in [-0.39, 0.29) is 22.4 Å². The fraction of sp³-hybridized carbons (Fsp3) is 0.455. The second-order valence-electron chi connectivity index (χ2n) is 4.51. The molecule has 0 saturated carbocycles.